The Morgan fingerprint density at radius 1 is 1.28 bits per heavy atom. The van der Waals surface area contributed by atoms with Crippen molar-refractivity contribution in [2.45, 2.75) is 12.3 Å². The number of anilines is 1. The fraction of sp³-hybridized carbons (Fsp3) is 0.294. The van der Waals surface area contributed by atoms with Crippen LogP contribution in [0.5, 0.6) is 0 Å². The first-order chi connectivity index (χ1) is 11.9. The number of halogens is 3. The molecule has 0 aliphatic carbocycles. The maximum Gasteiger partial charge on any atom is 0.416 e. The van der Waals surface area contributed by atoms with Crippen molar-refractivity contribution in [3.8, 4) is 0 Å². The number of aromatic nitrogens is 1. The van der Waals surface area contributed by atoms with Crippen LogP contribution < -0.4 is 10.6 Å². The molecule has 1 aliphatic heterocycles. The van der Waals surface area contributed by atoms with E-state index in [4.69, 9.17) is 4.74 Å². The van der Waals surface area contributed by atoms with Crippen LogP contribution in [0.3, 0.4) is 0 Å². The second-order valence-electron chi connectivity index (χ2n) is 5.53. The van der Waals surface area contributed by atoms with Crippen molar-refractivity contribution in [2.24, 2.45) is 0 Å². The van der Waals surface area contributed by atoms with Crippen molar-refractivity contribution in [2.75, 3.05) is 25.0 Å². The number of nitrogens with one attached hydrogen (secondary N) is 2. The lowest BCUT2D eigenvalue weighted by molar-refractivity contribution is -0.137. The van der Waals surface area contributed by atoms with Gasteiger partial charge in [0.1, 0.15) is 5.69 Å². The van der Waals surface area contributed by atoms with Crippen LogP contribution in [0.2, 0.25) is 0 Å². The van der Waals surface area contributed by atoms with Gasteiger partial charge in [-0.3, -0.25) is 9.78 Å². The number of alkyl halides is 3. The molecule has 2 heterocycles. The number of amides is 1. The quantitative estimate of drug-likeness (QED) is 0.892. The van der Waals surface area contributed by atoms with E-state index >= 15 is 0 Å². The van der Waals surface area contributed by atoms with Crippen LogP contribution in [0.4, 0.5) is 18.9 Å². The predicted octanol–water partition coefficient (Wildman–Crippen LogP) is 3.01. The Labute approximate surface area is 142 Å². The van der Waals surface area contributed by atoms with E-state index < -0.39 is 23.8 Å². The van der Waals surface area contributed by atoms with Crippen molar-refractivity contribution in [1.82, 2.24) is 10.3 Å². The third kappa shape index (κ3) is 4.15. The molecule has 2 N–H and O–H groups in total. The highest BCUT2D eigenvalue weighted by Gasteiger charge is 2.32. The van der Waals surface area contributed by atoms with E-state index in [-0.39, 0.29) is 11.4 Å². The molecule has 1 aromatic carbocycles. The Kier molecular flexibility index (Phi) is 5.00. The van der Waals surface area contributed by atoms with Crippen molar-refractivity contribution in [3.05, 3.63) is 59.4 Å². The van der Waals surface area contributed by atoms with Crippen molar-refractivity contribution in [3.63, 3.8) is 0 Å². The fourth-order valence-electron chi connectivity index (χ4n) is 2.57. The molecule has 1 amide bonds. The van der Waals surface area contributed by atoms with Gasteiger partial charge in [0.15, 0.2) is 0 Å². The second kappa shape index (κ2) is 7.20. The minimum Gasteiger partial charge on any atom is -0.371 e. The molecule has 132 valence electrons. The molecule has 1 unspecified atom stereocenters. The normalized spacial score (nSPS) is 18.0. The molecule has 25 heavy (non-hydrogen) atoms. The van der Waals surface area contributed by atoms with E-state index in [1.165, 1.54) is 18.3 Å². The van der Waals surface area contributed by atoms with Gasteiger partial charge < -0.3 is 15.4 Å². The average molecular weight is 351 g/mol. The highest BCUT2D eigenvalue weighted by molar-refractivity contribution is 6.03. The first-order valence-electron chi connectivity index (χ1n) is 7.71. The molecule has 1 aliphatic rings. The molecule has 3 rings (SSSR count). The van der Waals surface area contributed by atoms with Crippen LogP contribution in [-0.4, -0.2) is 30.6 Å². The summed E-state index contributed by atoms with van der Waals surface area (Å²) in [6.07, 6.45) is -3.50. The van der Waals surface area contributed by atoms with Gasteiger partial charge in [0.05, 0.1) is 18.3 Å². The van der Waals surface area contributed by atoms with E-state index in [1.807, 2.05) is 0 Å². The van der Waals surface area contributed by atoms with Crippen LogP contribution in [-0.2, 0) is 10.9 Å². The van der Waals surface area contributed by atoms with Crippen LogP contribution in [0.15, 0.2) is 42.6 Å². The summed E-state index contributed by atoms with van der Waals surface area (Å²) in [7, 11) is 0. The van der Waals surface area contributed by atoms with Gasteiger partial charge in [-0.1, -0.05) is 12.1 Å². The molecule has 8 heteroatoms. The number of pyridine rings is 1. The van der Waals surface area contributed by atoms with Crippen molar-refractivity contribution < 1.29 is 22.7 Å². The number of rotatable bonds is 3. The van der Waals surface area contributed by atoms with E-state index in [0.29, 0.717) is 25.3 Å². The zero-order valence-electron chi connectivity index (χ0n) is 13.1. The number of hydrogen-bond acceptors (Lipinski definition) is 4. The van der Waals surface area contributed by atoms with Crippen molar-refractivity contribution >= 4 is 11.6 Å². The maximum atomic E-state index is 13.0. The molecule has 0 saturated carbocycles. The summed E-state index contributed by atoms with van der Waals surface area (Å²) in [5.74, 6) is -0.579. The van der Waals surface area contributed by atoms with E-state index in [0.717, 1.165) is 12.1 Å². The van der Waals surface area contributed by atoms with Gasteiger partial charge in [-0.15, -0.1) is 0 Å². The van der Waals surface area contributed by atoms with Gasteiger partial charge in [-0.25, -0.2) is 0 Å². The topological polar surface area (TPSA) is 63.2 Å². The first-order valence-corrected chi connectivity index (χ1v) is 7.71. The number of carbonyl (C=O) groups excluding carboxylic acids is 1. The summed E-state index contributed by atoms with van der Waals surface area (Å²) in [5, 5.41) is 5.65. The number of nitrogens with zero attached hydrogens (tertiary/aromatic N) is 1. The van der Waals surface area contributed by atoms with Gasteiger partial charge in [0.25, 0.3) is 5.91 Å². The highest BCUT2D eigenvalue weighted by atomic mass is 19.4. The molecule has 1 saturated heterocycles. The van der Waals surface area contributed by atoms with E-state index in [1.54, 1.807) is 12.1 Å². The summed E-state index contributed by atoms with van der Waals surface area (Å²) in [5.41, 5.74) is -0.159. The van der Waals surface area contributed by atoms with Crippen LogP contribution in [0, 0.1) is 0 Å². The number of benzene rings is 1. The van der Waals surface area contributed by atoms with Gasteiger partial charge >= 0.3 is 6.18 Å². The van der Waals surface area contributed by atoms with E-state index in [9.17, 15) is 18.0 Å². The molecule has 5 nitrogen and oxygen atoms in total. The summed E-state index contributed by atoms with van der Waals surface area (Å²) in [4.78, 5) is 16.2. The third-order valence-electron chi connectivity index (χ3n) is 3.80. The number of morpholine rings is 1. The molecule has 1 aromatic heterocycles. The van der Waals surface area contributed by atoms with Gasteiger partial charge in [-0.2, -0.15) is 13.2 Å². The minimum absolute atomic E-state index is 0.0687. The molecule has 1 fully saturated rings. The first kappa shape index (κ1) is 17.4. The Hall–Kier alpha value is -2.45. The molecule has 2 aromatic rings. The summed E-state index contributed by atoms with van der Waals surface area (Å²) < 4.78 is 44.7. The summed E-state index contributed by atoms with van der Waals surface area (Å²) in [6.45, 7) is 1.57. The second-order valence-corrected chi connectivity index (χ2v) is 5.53. The third-order valence-corrected chi connectivity index (χ3v) is 3.80. The monoisotopic (exact) mass is 351 g/mol. The predicted molar refractivity (Wildman–Crippen MR) is 85.2 cm³/mol. The number of hydrogen-bond donors (Lipinski definition) is 2. The number of ether oxygens (including phenoxy) is 1. The lowest BCUT2D eigenvalue weighted by Gasteiger charge is -2.26. The van der Waals surface area contributed by atoms with Crippen LogP contribution in [0.1, 0.15) is 27.7 Å². The van der Waals surface area contributed by atoms with E-state index in [2.05, 4.69) is 15.6 Å². The van der Waals surface area contributed by atoms with Gasteiger partial charge in [0.2, 0.25) is 0 Å². The minimum atomic E-state index is -4.51. The Balaban J connectivity index is 1.94. The average Bonchev–Trinajstić information content (AvgIpc) is 2.62. The van der Waals surface area contributed by atoms with Gasteiger partial charge in [-0.05, 0) is 24.3 Å². The maximum absolute atomic E-state index is 13.0. The highest BCUT2D eigenvalue weighted by Crippen LogP contribution is 2.35. The zero-order chi connectivity index (χ0) is 17.9. The largest absolute Gasteiger partial charge is 0.416 e. The van der Waals surface area contributed by atoms with Crippen molar-refractivity contribution in [1.29, 1.82) is 0 Å². The zero-order valence-corrected chi connectivity index (χ0v) is 13.1. The molecule has 1 atom stereocenters. The SMILES string of the molecule is O=C(Nc1cc(C(F)(F)F)ccc1C1CNCCO1)c1ccccn1. The Morgan fingerprint density at radius 2 is 2.12 bits per heavy atom. The molecule has 0 bridgehead atoms. The molecule has 0 spiro atoms. The summed E-state index contributed by atoms with van der Waals surface area (Å²) >= 11 is 0. The Morgan fingerprint density at radius 3 is 2.76 bits per heavy atom. The smallest absolute Gasteiger partial charge is 0.371 e. The summed E-state index contributed by atoms with van der Waals surface area (Å²) in [6, 6.07) is 8.02. The van der Waals surface area contributed by atoms with Crippen LogP contribution in [0.25, 0.3) is 0 Å². The number of carbonyl (C=O) groups is 1. The molecular formula is C17H16F3N3O2. The van der Waals surface area contributed by atoms with Crippen LogP contribution >= 0.6 is 0 Å². The molecular weight excluding hydrogens is 335 g/mol. The molecule has 0 radical (unpaired) electrons. The lowest BCUT2D eigenvalue weighted by Crippen LogP contribution is -2.34. The Bertz CT molecular complexity index is 745. The van der Waals surface area contributed by atoms with Gasteiger partial charge in [0, 0.05) is 30.5 Å². The fourth-order valence-corrected chi connectivity index (χ4v) is 2.57. The standard InChI is InChI=1S/C17H16F3N3O2/c18-17(19,20)11-4-5-12(15-10-21-7-8-25-15)14(9-11)23-16(24)13-3-1-2-6-22-13/h1-6,9,15,21H,7-8,10H2,(H,23,24). The lowest BCUT2D eigenvalue weighted by atomic mass is 10.0.